The van der Waals surface area contributed by atoms with Gasteiger partial charge in [-0.3, -0.25) is 0 Å². The van der Waals surface area contributed by atoms with Gasteiger partial charge in [-0.1, -0.05) is 29.8 Å². The largest absolute Gasteiger partial charge is 0.474 e. The summed E-state index contributed by atoms with van der Waals surface area (Å²) in [4.78, 5) is 8.35. The number of benzene rings is 1. The maximum atomic E-state index is 6.17. The molecule has 0 amide bonds. The Kier molecular flexibility index (Phi) is 5.77. The minimum Gasteiger partial charge on any atom is -0.474 e. The number of ether oxygens (including phenoxy) is 1. The summed E-state index contributed by atoms with van der Waals surface area (Å²) in [5.41, 5.74) is 3.46. The molecule has 1 aliphatic heterocycles. The summed E-state index contributed by atoms with van der Waals surface area (Å²) in [6.07, 6.45) is 3.18. The Morgan fingerprint density at radius 3 is 2.78 bits per heavy atom. The molecule has 0 unspecified atom stereocenters. The first-order valence-electron chi connectivity index (χ1n) is 9.31. The van der Waals surface area contributed by atoms with Gasteiger partial charge in [0.05, 0.1) is 0 Å². The Labute approximate surface area is 169 Å². The van der Waals surface area contributed by atoms with Crippen molar-refractivity contribution in [2.24, 2.45) is 0 Å². The molecule has 0 saturated carbocycles. The Hall–Kier alpha value is -1.88. The lowest BCUT2D eigenvalue weighted by molar-refractivity contribution is 0.110. The van der Waals surface area contributed by atoms with Gasteiger partial charge in [0.1, 0.15) is 6.10 Å². The summed E-state index contributed by atoms with van der Waals surface area (Å²) in [6, 6.07) is 16.3. The number of pyridine rings is 1. The summed E-state index contributed by atoms with van der Waals surface area (Å²) in [5.74, 6) is 0.738. The standard InChI is InChI=1S/C22H23ClN2OS/c1-25-11-8-20(9-12-25)26-21-7-3-6-19(24-21)15-17-10-13-27-22(17)16-4-2-5-18(23)14-16/h2-7,10,13-14,20H,8-9,11-12,15H2,1H3. The molecule has 0 aliphatic carbocycles. The number of hydrogen-bond acceptors (Lipinski definition) is 4. The highest BCUT2D eigenvalue weighted by molar-refractivity contribution is 7.13. The average molecular weight is 399 g/mol. The quantitative estimate of drug-likeness (QED) is 0.565. The van der Waals surface area contributed by atoms with Crippen molar-refractivity contribution in [2.75, 3.05) is 20.1 Å². The predicted molar refractivity (Wildman–Crippen MR) is 113 cm³/mol. The zero-order valence-corrected chi connectivity index (χ0v) is 17.0. The third-order valence-electron chi connectivity index (χ3n) is 4.94. The van der Waals surface area contributed by atoms with Crippen LogP contribution in [-0.2, 0) is 6.42 Å². The topological polar surface area (TPSA) is 25.4 Å². The van der Waals surface area contributed by atoms with E-state index in [9.17, 15) is 0 Å². The molecule has 0 radical (unpaired) electrons. The average Bonchev–Trinajstić information content (AvgIpc) is 3.12. The number of piperidine rings is 1. The van der Waals surface area contributed by atoms with Crippen molar-refractivity contribution in [1.82, 2.24) is 9.88 Å². The Morgan fingerprint density at radius 2 is 1.96 bits per heavy atom. The van der Waals surface area contributed by atoms with E-state index < -0.39 is 0 Å². The van der Waals surface area contributed by atoms with Gasteiger partial charge in [-0.05, 0) is 60.7 Å². The van der Waals surface area contributed by atoms with Crippen LogP contribution in [0.2, 0.25) is 5.02 Å². The van der Waals surface area contributed by atoms with Gasteiger partial charge >= 0.3 is 0 Å². The maximum absolute atomic E-state index is 6.17. The Morgan fingerprint density at radius 1 is 1.15 bits per heavy atom. The summed E-state index contributed by atoms with van der Waals surface area (Å²) in [5, 5.41) is 2.89. The van der Waals surface area contributed by atoms with Crippen LogP contribution in [0.15, 0.2) is 53.9 Å². The summed E-state index contributed by atoms with van der Waals surface area (Å²) in [6.45, 7) is 2.17. The molecule has 3 aromatic rings. The second-order valence-corrected chi connectivity index (χ2v) is 8.40. The molecule has 0 bridgehead atoms. The number of rotatable bonds is 5. The third kappa shape index (κ3) is 4.70. The summed E-state index contributed by atoms with van der Waals surface area (Å²) in [7, 11) is 2.16. The lowest BCUT2D eigenvalue weighted by Gasteiger charge is -2.29. The number of halogens is 1. The fourth-order valence-corrected chi connectivity index (χ4v) is 4.56. The zero-order chi connectivity index (χ0) is 18.6. The van der Waals surface area contributed by atoms with Crippen molar-refractivity contribution in [1.29, 1.82) is 0 Å². The molecule has 27 heavy (non-hydrogen) atoms. The van der Waals surface area contributed by atoms with Gasteiger partial charge in [-0.2, -0.15) is 0 Å². The monoisotopic (exact) mass is 398 g/mol. The first-order chi connectivity index (χ1) is 13.2. The van der Waals surface area contributed by atoms with Gasteiger partial charge in [0.25, 0.3) is 0 Å². The molecule has 3 nitrogen and oxygen atoms in total. The normalized spacial score (nSPS) is 15.8. The fourth-order valence-electron chi connectivity index (χ4n) is 3.45. The number of thiophene rings is 1. The van der Waals surface area contributed by atoms with Gasteiger partial charge in [0, 0.05) is 41.2 Å². The van der Waals surface area contributed by atoms with E-state index in [1.54, 1.807) is 11.3 Å². The van der Waals surface area contributed by atoms with Crippen molar-refractivity contribution in [3.05, 3.63) is 70.2 Å². The molecule has 1 aliphatic rings. The van der Waals surface area contributed by atoms with Crippen molar-refractivity contribution in [3.63, 3.8) is 0 Å². The predicted octanol–water partition coefficient (Wildman–Crippen LogP) is 5.53. The van der Waals surface area contributed by atoms with Crippen LogP contribution in [0.25, 0.3) is 10.4 Å². The Balaban J connectivity index is 1.49. The van der Waals surface area contributed by atoms with E-state index in [-0.39, 0.29) is 6.10 Å². The van der Waals surface area contributed by atoms with E-state index in [1.165, 1.54) is 10.4 Å². The molecule has 0 atom stereocenters. The van der Waals surface area contributed by atoms with Crippen LogP contribution >= 0.6 is 22.9 Å². The highest BCUT2D eigenvalue weighted by atomic mass is 35.5. The van der Waals surface area contributed by atoms with Gasteiger partial charge in [0.15, 0.2) is 0 Å². The first-order valence-corrected chi connectivity index (χ1v) is 10.6. The molecule has 1 fully saturated rings. The van der Waals surface area contributed by atoms with E-state index >= 15 is 0 Å². The molecule has 0 N–H and O–H groups in total. The lowest BCUT2D eigenvalue weighted by Crippen LogP contribution is -2.35. The van der Waals surface area contributed by atoms with Crippen molar-refractivity contribution < 1.29 is 4.74 Å². The second-order valence-electron chi connectivity index (χ2n) is 7.05. The molecule has 140 valence electrons. The molecule has 1 saturated heterocycles. The highest BCUT2D eigenvalue weighted by Gasteiger charge is 2.18. The van der Waals surface area contributed by atoms with E-state index in [2.05, 4.69) is 35.5 Å². The van der Waals surface area contributed by atoms with Crippen LogP contribution in [0, 0.1) is 0 Å². The molecular weight excluding hydrogens is 376 g/mol. The molecule has 5 heteroatoms. The number of nitrogens with zero attached hydrogens (tertiary/aromatic N) is 2. The molecule has 3 heterocycles. The van der Waals surface area contributed by atoms with Crippen LogP contribution in [0.3, 0.4) is 0 Å². The second kappa shape index (κ2) is 8.42. The zero-order valence-electron chi connectivity index (χ0n) is 15.4. The number of hydrogen-bond donors (Lipinski definition) is 0. The molecule has 2 aromatic heterocycles. The van der Waals surface area contributed by atoms with Gasteiger partial charge < -0.3 is 9.64 Å². The van der Waals surface area contributed by atoms with Crippen molar-refractivity contribution in [3.8, 4) is 16.3 Å². The van der Waals surface area contributed by atoms with E-state index in [4.69, 9.17) is 21.3 Å². The summed E-state index contributed by atoms with van der Waals surface area (Å²) >= 11 is 7.91. The van der Waals surface area contributed by atoms with Gasteiger partial charge in [0.2, 0.25) is 5.88 Å². The van der Waals surface area contributed by atoms with Crippen LogP contribution in [0.4, 0.5) is 0 Å². The molecule has 4 rings (SSSR count). The third-order valence-corrected chi connectivity index (χ3v) is 6.18. The molecule has 0 spiro atoms. The van der Waals surface area contributed by atoms with E-state index in [0.717, 1.165) is 54.5 Å². The van der Waals surface area contributed by atoms with Crippen LogP contribution < -0.4 is 4.74 Å². The SMILES string of the molecule is CN1CCC(Oc2cccc(Cc3ccsc3-c3cccc(Cl)c3)n2)CC1. The number of likely N-dealkylation sites (tertiary alicyclic amines) is 1. The van der Waals surface area contributed by atoms with E-state index in [0.29, 0.717) is 0 Å². The summed E-state index contributed by atoms with van der Waals surface area (Å²) < 4.78 is 6.14. The van der Waals surface area contributed by atoms with Crippen LogP contribution in [-0.4, -0.2) is 36.1 Å². The van der Waals surface area contributed by atoms with Crippen molar-refractivity contribution in [2.45, 2.75) is 25.4 Å². The highest BCUT2D eigenvalue weighted by Crippen LogP contribution is 2.32. The number of aromatic nitrogens is 1. The minimum atomic E-state index is 0.270. The maximum Gasteiger partial charge on any atom is 0.213 e. The van der Waals surface area contributed by atoms with Crippen LogP contribution in [0.1, 0.15) is 24.1 Å². The van der Waals surface area contributed by atoms with Crippen molar-refractivity contribution >= 4 is 22.9 Å². The van der Waals surface area contributed by atoms with Crippen LogP contribution in [0.5, 0.6) is 5.88 Å². The molecular formula is C22H23ClN2OS. The smallest absolute Gasteiger partial charge is 0.213 e. The Bertz CT molecular complexity index is 903. The van der Waals surface area contributed by atoms with E-state index in [1.807, 2.05) is 30.3 Å². The lowest BCUT2D eigenvalue weighted by atomic mass is 10.1. The minimum absolute atomic E-state index is 0.270. The fraction of sp³-hybridized carbons (Fsp3) is 0.318. The first kappa shape index (κ1) is 18.5. The molecule has 1 aromatic carbocycles. The van der Waals surface area contributed by atoms with Gasteiger partial charge in [-0.15, -0.1) is 11.3 Å². The van der Waals surface area contributed by atoms with Gasteiger partial charge in [-0.25, -0.2) is 4.98 Å².